The summed E-state index contributed by atoms with van der Waals surface area (Å²) in [5, 5.41) is 0. The Bertz CT molecular complexity index is 521. The van der Waals surface area contributed by atoms with Crippen LogP contribution >= 0.6 is 15.9 Å². The van der Waals surface area contributed by atoms with Gasteiger partial charge in [-0.2, -0.15) is 0 Å². The maximum Gasteiger partial charge on any atom is 0.339 e. The summed E-state index contributed by atoms with van der Waals surface area (Å²) in [6.07, 6.45) is 0. The molecule has 1 aromatic carbocycles. The SMILES string of the molecule is CC(=O)NNC(=O)COC(=O)c1cc(F)ccc1Br. The molecule has 0 spiro atoms. The fourth-order valence-corrected chi connectivity index (χ4v) is 1.47. The van der Waals surface area contributed by atoms with E-state index in [-0.39, 0.29) is 5.56 Å². The van der Waals surface area contributed by atoms with Gasteiger partial charge in [0.2, 0.25) is 5.91 Å². The van der Waals surface area contributed by atoms with Crippen molar-refractivity contribution < 1.29 is 23.5 Å². The molecule has 102 valence electrons. The molecule has 0 aromatic heterocycles. The first kappa shape index (κ1) is 15.1. The van der Waals surface area contributed by atoms with Crippen molar-refractivity contribution in [2.45, 2.75) is 6.92 Å². The number of ether oxygens (including phenoxy) is 1. The second-order valence-electron chi connectivity index (χ2n) is 3.43. The van der Waals surface area contributed by atoms with Crippen molar-refractivity contribution >= 4 is 33.7 Å². The number of rotatable bonds is 3. The number of carbonyl (C=O) groups excluding carboxylic acids is 3. The molecule has 0 aliphatic carbocycles. The molecule has 0 radical (unpaired) electrons. The first-order valence-electron chi connectivity index (χ1n) is 5.07. The van der Waals surface area contributed by atoms with Gasteiger partial charge in [-0.25, -0.2) is 9.18 Å². The minimum Gasteiger partial charge on any atom is -0.452 e. The molecule has 8 heteroatoms. The summed E-state index contributed by atoms with van der Waals surface area (Å²) in [5.74, 6) is -2.63. The van der Waals surface area contributed by atoms with Crippen molar-refractivity contribution in [3.05, 3.63) is 34.1 Å². The van der Waals surface area contributed by atoms with Crippen LogP contribution in [-0.2, 0) is 14.3 Å². The van der Waals surface area contributed by atoms with Crippen LogP contribution in [-0.4, -0.2) is 24.4 Å². The lowest BCUT2D eigenvalue weighted by Crippen LogP contribution is -2.42. The van der Waals surface area contributed by atoms with E-state index in [2.05, 4.69) is 20.7 Å². The van der Waals surface area contributed by atoms with Gasteiger partial charge in [0.1, 0.15) is 5.82 Å². The molecular formula is C11H10BrFN2O4. The summed E-state index contributed by atoms with van der Waals surface area (Å²) in [6.45, 7) is 0.609. The molecule has 0 bridgehead atoms. The van der Waals surface area contributed by atoms with Gasteiger partial charge in [-0.1, -0.05) is 0 Å². The fraction of sp³-hybridized carbons (Fsp3) is 0.182. The Kier molecular flexibility index (Phi) is 5.43. The second kappa shape index (κ2) is 6.83. The number of hydrazine groups is 1. The quantitative estimate of drug-likeness (QED) is 0.636. The third kappa shape index (κ3) is 5.04. The lowest BCUT2D eigenvalue weighted by molar-refractivity contribution is -0.129. The van der Waals surface area contributed by atoms with E-state index in [9.17, 15) is 18.8 Å². The van der Waals surface area contributed by atoms with Gasteiger partial charge in [0, 0.05) is 11.4 Å². The number of benzene rings is 1. The molecule has 0 heterocycles. The van der Waals surface area contributed by atoms with Crippen LogP contribution < -0.4 is 10.9 Å². The van der Waals surface area contributed by atoms with Crippen LogP contribution in [0.25, 0.3) is 0 Å². The third-order valence-corrected chi connectivity index (χ3v) is 2.55. The Labute approximate surface area is 116 Å². The highest BCUT2D eigenvalue weighted by Crippen LogP contribution is 2.18. The molecule has 0 fully saturated rings. The molecule has 0 aliphatic heterocycles. The van der Waals surface area contributed by atoms with E-state index in [0.29, 0.717) is 4.47 Å². The van der Waals surface area contributed by atoms with E-state index in [0.717, 1.165) is 6.07 Å². The Morgan fingerprint density at radius 3 is 2.63 bits per heavy atom. The average Bonchev–Trinajstić information content (AvgIpc) is 2.36. The van der Waals surface area contributed by atoms with Crippen LogP contribution in [0, 0.1) is 5.82 Å². The highest BCUT2D eigenvalue weighted by atomic mass is 79.9. The fourth-order valence-electron chi connectivity index (χ4n) is 1.06. The highest BCUT2D eigenvalue weighted by molar-refractivity contribution is 9.10. The zero-order valence-corrected chi connectivity index (χ0v) is 11.4. The first-order chi connectivity index (χ1) is 8.90. The molecule has 0 aliphatic rings. The van der Waals surface area contributed by atoms with Gasteiger partial charge in [-0.3, -0.25) is 20.4 Å². The van der Waals surface area contributed by atoms with Crippen LogP contribution in [0.5, 0.6) is 0 Å². The predicted octanol–water partition coefficient (Wildman–Crippen LogP) is 0.912. The molecule has 2 N–H and O–H groups in total. The van der Waals surface area contributed by atoms with E-state index in [1.165, 1.54) is 19.1 Å². The number of halogens is 2. The summed E-state index contributed by atoms with van der Waals surface area (Å²) in [5.41, 5.74) is 4.01. The smallest absolute Gasteiger partial charge is 0.339 e. The number of hydrogen-bond donors (Lipinski definition) is 2. The van der Waals surface area contributed by atoms with Crippen LogP contribution in [0.4, 0.5) is 4.39 Å². The van der Waals surface area contributed by atoms with E-state index in [1.54, 1.807) is 0 Å². The zero-order valence-electron chi connectivity index (χ0n) is 9.83. The van der Waals surface area contributed by atoms with Crippen molar-refractivity contribution in [2.24, 2.45) is 0 Å². The number of carbonyl (C=O) groups is 3. The minimum atomic E-state index is -0.857. The molecular weight excluding hydrogens is 323 g/mol. The number of esters is 1. The standard InChI is InChI=1S/C11H10BrFN2O4/c1-6(16)14-15-10(17)5-19-11(18)8-4-7(13)2-3-9(8)12/h2-4H,5H2,1H3,(H,14,16)(H,15,17). The molecule has 0 unspecified atom stereocenters. The molecule has 1 rings (SSSR count). The number of nitrogens with one attached hydrogen (secondary N) is 2. The van der Waals surface area contributed by atoms with Crippen LogP contribution in [0.15, 0.2) is 22.7 Å². The van der Waals surface area contributed by atoms with Crippen LogP contribution in [0.3, 0.4) is 0 Å². The lowest BCUT2D eigenvalue weighted by Gasteiger charge is -2.07. The van der Waals surface area contributed by atoms with Gasteiger partial charge < -0.3 is 4.74 Å². The van der Waals surface area contributed by atoms with E-state index in [4.69, 9.17) is 0 Å². The molecule has 0 saturated carbocycles. The molecule has 1 aromatic rings. The first-order valence-corrected chi connectivity index (χ1v) is 5.87. The lowest BCUT2D eigenvalue weighted by atomic mass is 10.2. The number of hydrogen-bond acceptors (Lipinski definition) is 4. The molecule has 6 nitrogen and oxygen atoms in total. The van der Waals surface area contributed by atoms with Crippen LogP contribution in [0.1, 0.15) is 17.3 Å². The molecule has 19 heavy (non-hydrogen) atoms. The largest absolute Gasteiger partial charge is 0.452 e. The topological polar surface area (TPSA) is 84.5 Å². The van der Waals surface area contributed by atoms with Crippen molar-refractivity contribution in [1.82, 2.24) is 10.9 Å². The van der Waals surface area contributed by atoms with Gasteiger partial charge in [-0.05, 0) is 34.1 Å². The normalized spacial score (nSPS) is 9.63. The third-order valence-electron chi connectivity index (χ3n) is 1.86. The second-order valence-corrected chi connectivity index (χ2v) is 4.28. The molecule has 0 atom stereocenters. The summed E-state index contributed by atoms with van der Waals surface area (Å²) in [7, 11) is 0. The minimum absolute atomic E-state index is 0.0349. The Morgan fingerprint density at radius 2 is 2.00 bits per heavy atom. The highest BCUT2D eigenvalue weighted by Gasteiger charge is 2.14. The van der Waals surface area contributed by atoms with Gasteiger partial charge in [0.15, 0.2) is 6.61 Å². The van der Waals surface area contributed by atoms with E-state index < -0.39 is 30.2 Å². The summed E-state index contributed by atoms with van der Waals surface area (Å²) < 4.78 is 18.0. The average molecular weight is 333 g/mol. The Hall–Kier alpha value is -1.96. The maximum absolute atomic E-state index is 13.0. The van der Waals surface area contributed by atoms with Crippen LogP contribution in [0.2, 0.25) is 0 Å². The molecule has 2 amide bonds. The van der Waals surface area contributed by atoms with E-state index >= 15 is 0 Å². The zero-order chi connectivity index (χ0) is 14.4. The maximum atomic E-state index is 13.0. The van der Waals surface area contributed by atoms with Crippen molar-refractivity contribution in [3.63, 3.8) is 0 Å². The van der Waals surface area contributed by atoms with Gasteiger partial charge in [-0.15, -0.1) is 0 Å². The van der Waals surface area contributed by atoms with E-state index in [1.807, 2.05) is 10.9 Å². The Balaban J connectivity index is 2.53. The summed E-state index contributed by atoms with van der Waals surface area (Å²) in [6, 6.07) is 3.51. The number of amides is 2. The van der Waals surface area contributed by atoms with Crippen molar-refractivity contribution in [1.29, 1.82) is 0 Å². The predicted molar refractivity (Wildman–Crippen MR) is 66.3 cm³/mol. The Morgan fingerprint density at radius 1 is 1.32 bits per heavy atom. The van der Waals surface area contributed by atoms with Gasteiger partial charge in [0.05, 0.1) is 5.56 Å². The molecule has 0 saturated heterocycles. The van der Waals surface area contributed by atoms with Gasteiger partial charge in [0.25, 0.3) is 5.91 Å². The van der Waals surface area contributed by atoms with Crippen molar-refractivity contribution in [2.75, 3.05) is 6.61 Å². The van der Waals surface area contributed by atoms with Crippen molar-refractivity contribution in [3.8, 4) is 0 Å². The summed E-state index contributed by atoms with van der Waals surface area (Å²) >= 11 is 3.06. The monoisotopic (exact) mass is 332 g/mol. The van der Waals surface area contributed by atoms with Gasteiger partial charge >= 0.3 is 5.97 Å². The summed E-state index contributed by atoms with van der Waals surface area (Å²) in [4.78, 5) is 33.2.